The molecule has 1 aromatic rings. The first-order chi connectivity index (χ1) is 8.85. The molecule has 0 aromatic carbocycles. The van der Waals surface area contributed by atoms with Crippen molar-refractivity contribution in [3.8, 4) is 0 Å². The first-order valence-electron chi connectivity index (χ1n) is 6.73. The minimum absolute atomic E-state index is 0.0484. The van der Waals surface area contributed by atoms with Crippen molar-refractivity contribution in [3.05, 3.63) is 15.6 Å². The number of aromatic nitrogens is 1. The largest absolute Gasteiger partial charge is 0.396 e. The van der Waals surface area contributed by atoms with Gasteiger partial charge in [0.05, 0.1) is 10.7 Å². The highest BCUT2D eigenvalue weighted by atomic mass is 32.1. The Labute approximate surface area is 119 Å². The number of amides is 1. The number of carbonyl (C=O) groups excluding carboxylic acids is 1. The summed E-state index contributed by atoms with van der Waals surface area (Å²) in [6, 6.07) is -0.0486. The predicted molar refractivity (Wildman–Crippen MR) is 78.6 cm³/mol. The fraction of sp³-hybridized carbons (Fsp3) is 0.714. The van der Waals surface area contributed by atoms with E-state index >= 15 is 0 Å². The van der Waals surface area contributed by atoms with Crippen LogP contribution in [-0.2, 0) is 6.42 Å². The van der Waals surface area contributed by atoms with Crippen LogP contribution >= 0.6 is 11.3 Å². The number of aryl methyl sites for hydroxylation is 1. The zero-order chi connectivity index (χ0) is 14.6. The van der Waals surface area contributed by atoms with Crippen molar-refractivity contribution in [2.45, 2.75) is 47.1 Å². The number of nitrogens with zero attached hydrogens (tertiary/aromatic N) is 1. The second kappa shape index (κ2) is 7.01. The standard InChI is InChI=1S/C14H24N2O2S/c1-8(2)6-12-15-11(5)13(19-12)14(18)16-10(4)9(3)7-17/h8-10,17H,6-7H2,1-5H3,(H,16,18). The third kappa shape index (κ3) is 4.58. The van der Waals surface area contributed by atoms with Gasteiger partial charge in [0.2, 0.25) is 0 Å². The van der Waals surface area contributed by atoms with Gasteiger partial charge in [0.15, 0.2) is 0 Å². The number of hydrogen-bond acceptors (Lipinski definition) is 4. The highest BCUT2D eigenvalue weighted by Gasteiger charge is 2.19. The first-order valence-corrected chi connectivity index (χ1v) is 7.54. The van der Waals surface area contributed by atoms with Crippen molar-refractivity contribution in [2.75, 3.05) is 6.61 Å². The Morgan fingerprint density at radius 1 is 1.37 bits per heavy atom. The summed E-state index contributed by atoms with van der Waals surface area (Å²) in [6.07, 6.45) is 0.904. The van der Waals surface area contributed by atoms with Gasteiger partial charge >= 0.3 is 0 Å². The Kier molecular flexibility index (Phi) is 5.94. The summed E-state index contributed by atoms with van der Waals surface area (Å²) in [6.45, 7) is 10.0. The molecule has 5 heteroatoms. The molecule has 0 aliphatic carbocycles. The lowest BCUT2D eigenvalue weighted by Gasteiger charge is -2.18. The average Bonchev–Trinajstić information content (AvgIpc) is 2.67. The van der Waals surface area contributed by atoms with E-state index in [0.717, 1.165) is 17.1 Å². The van der Waals surface area contributed by atoms with Crippen LogP contribution in [0.15, 0.2) is 0 Å². The number of thiazole rings is 1. The fourth-order valence-electron chi connectivity index (χ4n) is 1.67. The van der Waals surface area contributed by atoms with Gasteiger partial charge in [-0.25, -0.2) is 4.98 Å². The number of carbonyl (C=O) groups is 1. The molecule has 4 nitrogen and oxygen atoms in total. The number of nitrogens with one attached hydrogen (secondary N) is 1. The summed E-state index contributed by atoms with van der Waals surface area (Å²) in [7, 11) is 0. The van der Waals surface area contributed by atoms with Crippen LogP contribution in [0, 0.1) is 18.8 Å². The Balaban J connectivity index is 2.74. The number of aliphatic hydroxyl groups is 1. The molecule has 0 aliphatic rings. The molecule has 1 amide bonds. The van der Waals surface area contributed by atoms with Gasteiger partial charge in [-0.05, 0) is 25.7 Å². The topological polar surface area (TPSA) is 62.2 Å². The highest BCUT2D eigenvalue weighted by Crippen LogP contribution is 2.21. The Morgan fingerprint density at radius 3 is 2.53 bits per heavy atom. The van der Waals surface area contributed by atoms with E-state index in [-0.39, 0.29) is 24.5 Å². The lowest BCUT2D eigenvalue weighted by Crippen LogP contribution is -2.38. The summed E-state index contributed by atoms with van der Waals surface area (Å²) >= 11 is 1.47. The van der Waals surface area contributed by atoms with E-state index in [0.29, 0.717) is 10.8 Å². The van der Waals surface area contributed by atoms with Crippen molar-refractivity contribution >= 4 is 17.2 Å². The molecule has 2 N–H and O–H groups in total. The maximum atomic E-state index is 12.2. The smallest absolute Gasteiger partial charge is 0.263 e. The third-order valence-electron chi connectivity index (χ3n) is 3.13. The summed E-state index contributed by atoms with van der Waals surface area (Å²) in [5.41, 5.74) is 0.794. The van der Waals surface area contributed by atoms with Crippen LogP contribution < -0.4 is 5.32 Å². The number of aliphatic hydroxyl groups excluding tert-OH is 1. The molecule has 1 rings (SSSR count). The second-order valence-corrected chi connectivity index (χ2v) is 6.63. The highest BCUT2D eigenvalue weighted by molar-refractivity contribution is 7.13. The molecule has 0 radical (unpaired) electrons. The quantitative estimate of drug-likeness (QED) is 0.843. The summed E-state index contributed by atoms with van der Waals surface area (Å²) < 4.78 is 0. The normalized spacial score (nSPS) is 14.5. The molecule has 0 bridgehead atoms. The molecule has 2 unspecified atom stereocenters. The molecule has 0 saturated heterocycles. The molecule has 108 valence electrons. The van der Waals surface area contributed by atoms with Gasteiger partial charge in [0, 0.05) is 19.1 Å². The van der Waals surface area contributed by atoms with E-state index in [2.05, 4.69) is 24.1 Å². The third-order valence-corrected chi connectivity index (χ3v) is 4.31. The SMILES string of the molecule is Cc1nc(CC(C)C)sc1C(=O)NC(C)C(C)CO. The van der Waals surface area contributed by atoms with E-state index in [1.54, 1.807) is 0 Å². The summed E-state index contributed by atoms with van der Waals surface area (Å²) in [5, 5.41) is 13.0. The van der Waals surface area contributed by atoms with Crippen LogP contribution in [0.25, 0.3) is 0 Å². The van der Waals surface area contributed by atoms with Gasteiger partial charge in [-0.3, -0.25) is 4.79 Å². The van der Waals surface area contributed by atoms with Crippen molar-refractivity contribution < 1.29 is 9.90 Å². The zero-order valence-corrected chi connectivity index (χ0v) is 13.2. The second-order valence-electron chi connectivity index (χ2n) is 5.54. The molecular weight excluding hydrogens is 260 g/mol. The van der Waals surface area contributed by atoms with Crippen LogP contribution in [0.4, 0.5) is 0 Å². The van der Waals surface area contributed by atoms with Crippen LogP contribution in [-0.4, -0.2) is 28.6 Å². The van der Waals surface area contributed by atoms with Gasteiger partial charge in [-0.15, -0.1) is 11.3 Å². The maximum absolute atomic E-state index is 12.2. The van der Waals surface area contributed by atoms with Gasteiger partial charge in [-0.2, -0.15) is 0 Å². The van der Waals surface area contributed by atoms with Crippen LogP contribution in [0.3, 0.4) is 0 Å². The van der Waals surface area contributed by atoms with Gasteiger partial charge in [0.1, 0.15) is 4.88 Å². The van der Waals surface area contributed by atoms with E-state index in [4.69, 9.17) is 5.11 Å². The molecule has 0 fully saturated rings. The first kappa shape index (κ1) is 16.1. The van der Waals surface area contributed by atoms with Crippen LogP contribution in [0.1, 0.15) is 48.1 Å². The minimum atomic E-state index is -0.0854. The minimum Gasteiger partial charge on any atom is -0.396 e. The van der Waals surface area contributed by atoms with E-state index < -0.39 is 0 Å². The molecule has 1 aromatic heterocycles. The Hall–Kier alpha value is -0.940. The molecule has 0 aliphatic heterocycles. The van der Waals surface area contributed by atoms with Crippen molar-refractivity contribution in [1.29, 1.82) is 0 Å². The van der Waals surface area contributed by atoms with Crippen molar-refractivity contribution in [1.82, 2.24) is 10.3 Å². The predicted octanol–water partition coefficient (Wildman–Crippen LogP) is 2.40. The fourth-order valence-corrected chi connectivity index (χ4v) is 2.85. The molecule has 0 spiro atoms. The van der Waals surface area contributed by atoms with Crippen LogP contribution in [0.2, 0.25) is 0 Å². The monoisotopic (exact) mass is 284 g/mol. The van der Waals surface area contributed by atoms with Gasteiger partial charge < -0.3 is 10.4 Å². The molecular formula is C14H24N2O2S. The van der Waals surface area contributed by atoms with Crippen LogP contribution in [0.5, 0.6) is 0 Å². The molecule has 1 heterocycles. The molecule has 0 saturated carbocycles. The maximum Gasteiger partial charge on any atom is 0.263 e. The molecule has 2 atom stereocenters. The van der Waals surface area contributed by atoms with Crippen molar-refractivity contribution in [2.24, 2.45) is 11.8 Å². The average molecular weight is 284 g/mol. The Morgan fingerprint density at radius 2 is 2.00 bits per heavy atom. The molecule has 19 heavy (non-hydrogen) atoms. The van der Waals surface area contributed by atoms with E-state index in [1.807, 2.05) is 20.8 Å². The summed E-state index contributed by atoms with van der Waals surface area (Å²) in [5.74, 6) is 0.500. The zero-order valence-electron chi connectivity index (χ0n) is 12.4. The lowest BCUT2D eigenvalue weighted by atomic mass is 10.1. The summed E-state index contributed by atoms with van der Waals surface area (Å²) in [4.78, 5) is 17.3. The number of hydrogen-bond donors (Lipinski definition) is 2. The van der Waals surface area contributed by atoms with E-state index in [9.17, 15) is 4.79 Å². The van der Waals surface area contributed by atoms with Gasteiger partial charge in [0.25, 0.3) is 5.91 Å². The van der Waals surface area contributed by atoms with E-state index in [1.165, 1.54) is 11.3 Å². The van der Waals surface area contributed by atoms with Crippen molar-refractivity contribution in [3.63, 3.8) is 0 Å². The van der Waals surface area contributed by atoms with Gasteiger partial charge in [-0.1, -0.05) is 20.8 Å². The Bertz CT molecular complexity index is 429. The number of rotatable bonds is 6. The lowest BCUT2D eigenvalue weighted by molar-refractivity contribution is 0.0919.